The number of amidine groups is 1. The standard InChI is InChI=1S/C23H28N4O5/c24-23(25)18-5-1-17(2-6-18)13-27-22(31)10-9-21(30)20(14-28)26-12-11-16-3-7-19(8-4-16)32-15-29/h1-8,15,20,26,28H,9-14H2,(H3,24,25)(H,27,31)/t20-/m1/s1. The van der Waals surface area contributed by atoms with Gasteiger partial charge in [-0.1, -0.05) is 36.4 Å². The Hall–Kier alpha value is -3.56. The molecule has 0 spiro atoms. The maximum absolute atomic E-state index is 12.3. The summed E-state index contributed by atoms with van der Waals surface area (Å²) in [5.74, 6) is -0.0637. The van der Waals surface area contributed by atoms with Crippen LogP contribution in [0.3, 0.4) is 0 Å². The lowest BCUT2D eigenvalue weighted by Crippen LogP contribution is -2.41. The van der Waals surface area contributed by atoms with Crippen molar-refractivity contribution in [3.8, 4) is 5.75 Å². The van der Waals surface area contributed by atoms with E-state index in [9.17, 15) is 19.5 Å². The van der Waals surface area contributed by atoms with Gasteiger partial charge in [-0.25, -0.2) is 0 Å². The van der Waals surface area contributed by atoms with Crippen molar-refractivity contribution in [2.45, 2.75) is 31.8 Å². The summed E-state index contributed by atoms with van der Waals surface area (Å²) in [6, 6.07) is 13.2. The van der Waals surface area contributed by atoms with Crippen molar-refractivity contribution in [2.24, 2.45) is 5.73 Å². The van der Waals surface area contributed by atoms with Crippen LogP contribution in [0.15, 0.2) is 48.5 Å². The van der Waals surface area contributed by atoms with E-state index >= 15 is 0 Å². The third-order valence-electron chi connectivity index (χ3n) is 4.84. The number of aliphatic hydroxyl groups is 1. The first-order chi connectivity index (χ1) is 15.4. The zero-order chi connectivity index (χ0) is 23.3. The van der Waals surface area contributed by atoms with Crippen LogP contribution in [0.25, 0.3) is 0 Å². The Labute approximate surface area is 186 Å². The van der Waals surface area contributed by atoms with Gasteiger partial charge in [-0.15, -0.1) is 0 Å². The van der Waals surface area contributed by atoms with Gasteiger partial charge in [0.05, 0.1) is 12.6 Å². The van der Waals surface area contributed by atoms with E-state index in [1.54, 1.807) is 36.4 Å². The Morgan fingerprint density at radius 2 is 1.72 bits per heavy atom. The number of carbonyl (C=O) groups excluding carboxylic acids is 3. The second kappa shape index (κ2) is 13.0. The summed E-state index contributed by atoms with van der Waals surface area (Å²) >= 11 is 0. The maximum atomic E-state index is 12.3. The highest BCUT2D eigenvalue weighted by atomic mass is 16.5. The number of ether oxygens (including phenoxy) is 1. The minimum Gasteiger partial charge on any atom is -0.429 e. The maximum Gasteiger partial charge on any atom is 0.298 e. The molecule has 2 rings (SSSR count). The number of aliphatic hydroxyl groups excluding tert-OH is 1. The quantitative estimate of drug-likeness (QED) is 0.164. The van der Waals surface area contributed by atoms with Crippen LogP contribution in [0, 0.1) is 5.41 Å². The van der Waals surface area contributed by atoms with Crippen molar-refractivity contribution < 1.29 is 24.2 Å². The van der Waals surface area contributed by atoms with Crippen molar-refractivity contribution in [3.05, 3.63) is 65.2 Å². The average Bonchev–Trinajstić information content (AvgIpc) is 2.80. The van der Waals surface area contributed by atoms with Crippen molar-refractivity contribution >= 4 is 24.0 Å². The van der Waals surface area contributed by atoms with Crippen molar-refractivity contribution in [1.29, 1.82) is 5.41 Å². The average molecular weight is 441 g/mol. The van der Waals surface area contributed by atoms with Crippen LogP contribution in [0.5, 0.6) is 5.75 Å². The van der Waals surface area contributed by atoms with Gasteiger partial charge in [-0.2, -0.15) is 0 Å². The SMILES string of the molecule is N=C(N)c1ccc(CNC(=O)CCC(=O)[C@@H](CO)NCCc2ccc(OC=O)cc2)cc1. The first kappa shape index (κ1) is 24.7. The molecule has 0 radical (unpaired) electrons. The minimum absolute atomic E-state index is 0.0189. The summed E-state index contributed by atoms with van der Waals surface area (Å²) in [5, 5.41) is 22.6. The van der Waals surface area contributed by atoms with Crippen LogP contribution >= 0.6 is 0 Å². The summed E-state index contributed by atoms with van der Waals surface area (Å²) in [6.07, 6.45) is 0.667. The van der Waals surface area contributed by atoms with E-state index in [1.165, 1.54) is 0 Å². The first-order valence-electron chi connectivity index (χ1n) is 10.2. The van der Waals surface area contributed by atoms with Gasteiger partial charge in [-0.3, -0.25) is 19.8 Å². The topological polar surface area (TPSA) is 155 Å². The van der Waals surface area contributed by atoms with Gasteiger partial charge < -0.3 is 26.2 Å². The Kier molecular flexibility index (Phi) is 10.0. The van der Waals surface area contributed by atoms with Crippen molar-refractivity contribution in [2.75, 3.05) is 13.2 Å². The van der Waals surface area contributed by atoms with Gasteiger partial charge in [0.15, 0.2) is 5.78 Å². The molecule has 0 saturated heterocycles. The number of amides is 1. The number of nitrogen functional groups attached to an aromatic ring is 1. The molecule has 0 saturated carbocycles. The third kappa shape index (κ3) is 8.29. The highest BCUT2D eigenvalue weighted by Crippen LogP contribution is 2.11. The third-order valence-corrected chi connectivity index (χ3v) is 4.84. The molecule has 32 heavy (non-hydrogen) atoms. The number of carbonyl (C=O) groups is 3. The fourth-order valence-corrected chi connectivity index (χ4v) is 2.96. The molecule has 1 amide bonds. The van der Waals surface area contributed by atoms with Crippen molar-refractivity contribution in [1.82, 2.24) is 10.6 Å². The van der Waals surface area contributed by atoms with Crippen LogP contribution in [0.1, 0.15) is 29.5 Å². The number of rotatable bonds is 14. The predicted octanol–water partition coefficient (Wildman–Crippen LogP) is 0.665. The van der Waals surface area contributed by atoms with Crippen LogP contribution in [-0.2, 0) is 27.3 Å². The van der Waals surface area contributed by atoms with Crippen LogP contribution in [-0.4, -0.2) is 48.3 Å². The van der Waals surface area contributed by atoms with Crippen molar-refractivity contribution in [3.63, 3.8) is 0 Å². The molecule has 0 heterocycles. The molecule has 9 heteroatoms. The molecule has 2 aromatic carbocycles. The molecule has 2 aromatic rings. The molecule has 0 fully saturated rings. The summed E-state index contributed by atoms with van der Waals surface area (Å²) in [4.78, 5) is 34.7. The Balaban J connectivity index is 1.69. The Morgan fingerprint density at radius 1 is 1.06 bits per heavy atom. The normalized spacial score (nSPS) is 11.4. The van der Waals surface area contributed by atoms with E-state index in [0.717, 1.165) is 11.1 Å². The fourth-order valence-electron chi connectivity index (χ4n) is 2.96. The monoisotopic (exact) mass is 440 g/mol. The minimum atomic E-state index is -0.736. The first-order valence-corrected chi connectivity index (χ1v) is 10.2. The number of Topliss-reactive ketones (excluding diaryl/α,β-unsaturated/α-hetero) is 1. The summed E-state index contributed by atoms with van der Waals surface area (Å²) in [6.45, 7) is 0.785. The van der Waals surface area contributed by atoms with E-state index in [4.69, 9.17) is 15.9 Å². The molecular formula is C23H28N4O5. The lowest BCUT2D eigenvalue weighted by Gasteiger charge is -2.15. The zero-order valence-corrected chi connectivity index (χ0v) is 17.7. The van der Waals surface area contributed by atoms with E-state index in [1.807, 2.05) is 12.1 Å². The van der Waals surface area contributed by atoms with E-state index < -0.39 is 6.04 Å². The lowest BCUT2D eigenvalue weighted by molar-refractivity contribution is -0.127. The van der Waals surface area contributed by atoms with E-state index in [0.29, 0.717) is 37.3 Å². The number of nitrogens with two attached hydrogens (primary N) is 1. The number of hydrogen-bond donors (Lipinski definition) is 5. The molecule has 170 valence electrons. The Morgan fingerprint density at radius 3 is 2.31 bits per heavy atom. The van der Waals surface area contributed by atoms with Gasteiger partial charge in [-0.05, 0) is 36.2 Å². The van der Waals surface area contributed by atoms with Gasteiger partial charge >= 0.3 is 0 Å². The van der Waals surface area contributed by atoms with Crippen LogP contribution in [0.4, 0.5) is 0 Å². The molecule has 0 unspecified atom stereocenters. The molecule has 0 aliphatic carbocycles. The van der Waals surface area contributed by atoms with Crippen LogP contribution < -0.4 is 21.1 Å². The molecule has 0 aliphatic heterocycles. The van der Waals surface area contributed by atoms with Gasteiger partial charge in [0.2, 0.25) is 5.91 Å². The second-order valence-electron chi connectivity index (χ2n) is 7.15. The fraction of sp³-hybridized carbons (Fsp3) is 0.304. The lowest BCUT2D eigenvalue weighted by atomic mass is 10.1. The smallest absolute Gasteiger partial charge is 0.298 e. The number of ketones is 1. The highest BCUT2D eigenvalue weighted by Gasteiger charge is 2.17. The van der Waals surface area contributed by atoms with Gasteiger partial charge in [0.1, 0.15) is 11.6 Å². The molecule has 0 bridgehead atoms. The zero-order valence-electron chi connectivity index (χ0n) is 17.7. The highest BCUT2D eigenvalue weighted by molar-refractivity contribution is 5.94. The predicted molar refractivity (Wildman–Crippen MR) is 119 cm³/mol. The largest absolute Gasteiger partial charge is 0.429 e. The van der Waals surface area contributed by atoms with E-state index in [2.05, 4.69) is 10.6 Å². The summed E-state index contributed by atoms with van der Waals surface area (Å²) in [5.41, 5.74) is 7.86. The van der Waals surface area contributed by atoms with Gasteiger partial charge in [0.25, 0.3) is 6.47 Å². The Bertz CT molecular complexity index is 913. The summed E-state index contributed by atoms with van der Waals surface area (Å²) < 4.78 is 4.74. The summed E-state index contributed by atoms with van der Waals surface area (Å²) in [7, 11) is 0. The molecule has 6 N–H and O–H groups in total. The van der Waals surface area contributed by atoms with Crippen LogP contribution in [0.2, 0.25) is 0 Å². The molecular weight excluding hydrogens is 412 g/mol. The molecule has 0 aliphatic rings. The number of hydrogen-bond acceptors (Lipinski definition) is 7. The molecule has 0 aromatic heterocycles. The van der Waals surface area contributed by atoms with Gasteiger partial charge in [0, 0.05) is 24.9 Å². The number of nitrogens with one attached hydrogen (secondary N) is 3. The number of benzene rings is 2. The molecule has 9 nitrogen and oxygen atoms in total. The van der Waals surface area contributed by atoms with E-state index in [-0.39, 0.29) is 37.0 Å². The second-order valence-corrected chi connectivity index (χ2v) is 7.15. The molecule has 1 atom stereocenters.